The first-order valence-corrected chi connectivity index (χ1v) is 8.43. The smallest absolute Gasteiger partial charge is 0.251 e. The highest BCUT2D eigenvalue weighted by molar-refractivity contribution is 5.94. The highest BCUT2D eigenvalue weighted by atomic mass is 16.1. The number of aryl methyl sites for hydroxylation is 1. The van der Waals surface area contributed by atoms with Gasteiger partial charge in [-0.3, -0.25) is 9.48 Å². The molecular weight excluding hydrogens is 324 g/mol. The number of nitrogens with one attached hydrogen (secondary N) is 1. The van der Waals surface area contributed by atoms with E-state index < -0.39 is 0 Å². The predicted molar refractivity (Wildman–Crippen MR) is 99.6 cm³/mol. The fraction of sp³-hybridized carbons (Fsp3) is 0.190. The van der Waals surface area contributed by atoms with Crippen LogP contribution in [-0.4, -0.2) is 15.7 Å². The van der Waals surface area contributed by atoms with Crippen LogP contribution < -0.4 is 5.32 Å². The van der Waals surface area contributed by atoms with Crippen molar-refractivity contribution in [2.75, 3.05) is 0 Å². The van der Waals surface area contributed by atoms with Crippen LogP contribution in [0.3, 0.4) is 0 Å². The number of hydrogen-bond donors (Lipinski definition) is 1. The number of hydrogen-bond acceptors (Lipinski definition) is 3. The molecular formula is C21H20N4O. The molecule has 0 spiro atoms. The number of amides is 1. The van der Waals surface area contributed by atoms with Crippen LogP contribution in [0.25, 0.3) is 0 Å². The molecule has 130 valence electrons. The van der Waals surface area contributed by atoms with Gasteiger partial charge in [0.25, 0.3) is 5.91 Å². The highest BCUT2D eigenvalue weighted by Crippen LogP contribution is 2.15. The van der Waals surface area contributed by atoms with Crippen LogP contribution in [0.2, 0.25) is 0 Å². The quantitative estimate of drug-likeness (QED) is 0.771. The monoisotopic (exact) mass is 344 g/mol. The van der Waals surface area contributed by atoms with Crippen molar-refractivity contribution in [3.63, 3.8) is 0 Å². The summed E-state index contributed by atoms with van der Waals surface area (Å²) in [4.78, 5) is 12.4. The van der Waals surface area contributed by atoms with Crippen LogP contribution in [-0.2, 0) is 13.1 Å². The number of rotatable bonds is 5. The lowest BCUT2D eigenvalue weighted by Gasteiger charge is -2.08. The zero-order valence-electron chi connectivity index (χ0n) is 14.9. The number of aromatic nitrogens is 2. The van der Waals surface area contributed by atoms with E-state index in [0.717, 1.165) is 17.0 Å². The third-order valence-electron chi connectivity index (χ3n) is 4.39. The molecule has 1 N–H and O–H groups in total. The van der Waals surface area contributed by atoms with Crippen LogP contribution >= 0.6 is 0 Å². The van der Waals surface area contributed by atoms with Gasteiger partial charge in [-0.1, -0.05) is 36.4 Å². The Morgan fingerprint density at radius 1 is 1.15 bits per heavy atom. The molecule has 3 aromatic rings. The van der Waals surface area contributed by atoms with Gasteiger partial charge in [0.05, 0.1) is 23.9 Å². The maximum Gasteiger partial charge on any atom is 0.251 e. The van der Waals surface area contributed by atoms with Crippen LogP contribution in [0, 0.1) is 25.2 Å². The first-order valence-electron chi connectivity index (χ1n) is 8.43. The molecule has 1 aromatic heterocycles. The molecule has 0 aliphatic carbocycles. The molecule has 0 saturated carbocycles. The molecule has 5 nitrogen and oxygen atoms in total. The van der Waals surface area contributed by atoms with Gasteiger partial charge in [0, 0.05) is 23.4 Å². The normalized spacial score (nSPS) is 10.3. The zero-order chi connectivity index (χ0) is 18.5. The predicted octanol–water partition coefficient (Wildman–Crippen LogP) is 3.35. The Labute approximate surface area is 152 Å². The molecule has 0 aliphatic rings. The molecule has 0 saturated heterocycles. The standard InChI is InChI=1S/C21H20N4O/c1-15-20(13-23-21(26)19-10-6-9-18(11-19)12-22)16(2)25(24-15)14-17-7-4-3-5-8-17/h3-11H,13-14H2,1-2H3,(H,23,26). The van der Waals surface area contributed by atoms with E-state index in [0.29, 0.717) is 24.2 Å². The largest absolute Gasteiger partial charge is 0.348 e. The van der Waals surface area contributed by atoms with Gasteiger partial charge in [-0.05, 0) is 37.6 Å². The maximum atomic E-state index is 12.4. The first kappa shape index (κ1) is 17.4. The van der Waals surface area contributed by atoms with Crippen LogP contribution in [0.1, 0.15) is 38.4 Å². The van der Waals surface area contributed by atoms with Gasteiger partial charge in [0.1, 0.15) is 0 Å². The fourth-order valence-electron chi connectivity index (χ4n) is 2.90. The summed E-state index contributed by atoms with van der Waals surface area (Å²) in [5.41, 5.74) is 5.10. The summed E-state index contributed by atoms with van der Waals surface area (Å²) in [7, 11) is 0. The SMILES string of the molecule is Cc1nn(Cc2ccccc2)c(C)c1CNC(=O)c1cccc(C#N)c1. The van der Waals surface area contributed by atoms with Crippen LogP contribution in [0.5, 0.6) is 0 Å². The average molecular weight is 344 g/mol. The van der Waals surface area contributed by atoms with Crippen molar-refractivity contribution in [2.24, 2.45) is 0 Å². The lowest BCUT2D eigenvalue weighted by atomic mass is 10.1. The lowest BCUT2D eigenvalue weighted by Crippen LogP contribution is -2.23. The van der Waals surface area contributed by atoms with Gasteiger partial charge < -0.3 is 5.32 Å². The third-order valence-corrected chi connectivity index (χ3v) is 4.39. The van der Waals surface area contributed by atoms with Gasteiger partial charge in [0.15, 0.2) is 0 Å². The van der Waals surface area contributed by atoms with Crippen molar-refractivity contribution in [3.05, 3.63) is 88.2 Å². The number of benzene rings is 2. The van der Waals surface area contributed by atoms with Gasteiger partial charge in [-0.25, -0.2) is 0 Å². The van der Waals surface area contributed by atoms with Gasteiger partial charge in [0.2, 0.25) is 0 Å². The van der Waals surface area contributed by atoms with Gasteiger partial charge in [-0.15, -0.1) is 0 Å². The number of nitriles is 1. The molecule has 1 amide bonds. The second-order valence-electron chi connectivity index (χ2n) is 6.17. The molecule has 0 fully saturated rings. The molecule has 0 aliphatic heterocycles. The molecule has 2 aromatic carbocycles. The Morgan fingerprint density at radius 2 is 1.92 bits per heavy atom. The summed E-state index contributed by atoms with van der Waals surface area (Å²) in [6.45, 7) is 5.07. The minimum absolute atomic E-state index is 0.197. The second kappa shape index (κ2) is 7.66. The summed E-state index contributed by atoms with van der Waals surface area (Å²) in [5.74, 6) is -0.197. The van der Waals surface area contributed by atoms with E-state index in [2.05, 4.69) is 22.5 Å². The van der Waals surface area contributed by atoms with Crippen molar-refractivity contribution in [2.45, 2.75) is 26.9 Å². The first-order chi connectivity index (χ1) is 12.6. The zero-order valence-corrected chi connectivity index (χ0v) is 14.9. The van der Waals surface area contributed by atoms with Crippen molar-refractivity contribution in [3.8, 4) is 6.07 Å². The Morgan fingerprint density at radius 3 is 2.65 bits per heavy atom. The van der Waals surface area contributed by atoms with E-state index in [9.17, 15) is 4.79 Å². The molecule has 0 radical (unpaired) electrons. The summed E-state index contributed by atoms with van der Waals surface area (Å²) in [5, 5.41) is 16.5. The van der Waals surface area contributed by atoms with E-state index in [1.165, 1.54) is 5.56 Å². The Balaban J connectivity index is 1.72. The topological polar surface area (TPSA) is 70.7 Å². The Hall–Kier alpha value is -3.39. The third kappa shape index (κ3) is 3.81. The average Bonchev–Trinajstić information content (AvgIpc) is 2.93. The van der Waals surface area contributed by atoms with E-state index in [1.807, 2.05) is 42.8 Å². The molecule has 3 rings (SSSR count). The molecule has 0 atom stereocenters. The number of carbonyl (C=O) groups is 1. The maximum absolute atomic E-state index is 12.4. The van der Waals surface area contributed by atoms with E-state index >= 15 is 0 Å². The number of nitrogens with zero attached hydrogens (tertiary/aromatic N) is 3. The van der Waals surface area contributed by atoms with Crippen LogP contribution in [0.15, 0.2) is 54.6 Å². The molecule has 5 heteroatoms. The van der Waals surface area contributed by atoms with Crippen LogP contribution in [0.4, 0.5) is 0 Å². The summed E-state index contributed by atoms with van der Waals surface area (Å²) in [6.07, 6.45) is 0. The minimum atomic E-state index is -0.197. The van der Waals surface area contributed by atoms with E-state index in [4.69, 9.17) is 5.26 Å². The van der Waals surface area contributed by atoms with Crippen molar-refractivity contribution >= 4 is 5.91 Å². The molecule has 26 heavy (non-hydrogen) atoms. The van der Waals surface area contributed by atoms with Crippen molar-refractivity contribution in [1.29, 1.82) is 5.26 Å². The van der Waals surface area contributed by atoms with Crippen molar-refractivity contribution < 1.29 is 4.79 Å². The van der Waals surface area contributed by atoms with Crippen molar-refractivity contribution in [1.82, 2.24) is 15.1 Å². The van der Waals surface area contributed by atoms with Gasteiger partial charge in [-0.2, -0.15) is 10.4 Å². The molecule has 0 unspecified atom stereocenters. The van der Waals surface area contributed by atoms with E-state index in [1.54, 1.807) is 24.3 Å². The summed E-state index contributed by atoms with van der Waals surface area (Å²) >= 11 is 0. The number of carbonyl (C=O) groups excluding carboxylic acids is 1. The summed E-state index contributed by atoms with van der Waals surface area (Å²) in [6, 6.07) is 18.9. The fourth-order valence-corrected chi connectivity index (χ4v) is 2.90. The summed E-state index contributed by atoms with van der Waals surface area (Å²) < 4.78 is 1.96. The molecule has 0 bridgehead atoms. The van der Waals surface area contributed by atoms with Gasteiger partial charge >= 0.3 is 0 Å². The Kier molecular flexibility index (Phi) is 5.14. The highest BCUT2D eigenvalue weighted by Gasteiger charge is 2.13. The Bertz CT molecular complexity index is 967. The minimum Gasteiger partial charge on any atom is -0.348 e. The van der Waals surface area contributed by atoms with E-state index in [-0.39, 0.29) is 5.91 Å². The second-order valence-corrected chi connectivity index (χ2v) is 6.17. The molecule has 1 heterocycles. The lowest BCUT2D eigenvalue weighted by molar-refractivity contribution is 0.0951.